The summed E-state index contributed by atoms with van der Waals surface area (Å²) < 4.78 is 0. The Morgan fingerprint density at radius 2 is 1.67 bits per heavy atom. The van der Waals surface area contributed by atoms with Crippen molar-refractivity contribution in [1.82, 2.24) is 20.3 Å². The van der Waals surface area contributed by atoms with E-state index in [1.165, 1.54) is 0 Å². The van der Waals surface area contributed by atoms with Crippen molar-refractivity contribution in [2.75, 3.05) is 0 Å². The van der Waals surface area contributed by atoms with Crippen LogP contribution < -0.4 is 10.1 Å². The summed E-state index contributed by atoms with van der Waals surface area (Å²) in [5.41, 5.74) is 2.09. The first-order valence-electron chi connectivity index (χ1n) is 8.14. The Morgan fingerprint density at radius 1 is 1.00 bits per heavy atom. The molecule has 0 bridgehead atoms. The van der Waals surface area contributed by atoms with E-state index in [0.717, 1.165) is 17.1 Å². The molecule has 0 radical (unpaired) electrons. The molecule has 1 N–H and O–H groups in total. The molecule has 6 heteroatoms. The number of tetrazole rings is 1. The maximum absolute atomic E-state index is 4.79. The summed E-state index contributed by atoms with van der Waals surface area (Å²) in [5, 5.41) is 13.7. The molecule has 3 aromatic rings. The van der Waals surface area contributed by atoms with Crippen LogP contribution in [-0.4, -0.2) is 26.3 Å². The van der Waals surface area contributed by atoms with Gasteiger partial charge in [0.2, 0.25) is 5.50 Å². The third-order valence-electron chi connectivity index (χ3n) is 4.26. The van der Waals surface area contributed by atoms with Crippen LogP contribution in [-0.2, 0) is 0 Å². The van der Waals surface area contributed by atoms with E-state index in [1.54, 1.807) is 0 Å². The minimum absolute atomic E-state index is 0.0696. The standard InChI is InChI=1S/C18H20N5S/c1-13-14(2)24-18(19-13)23-21-17(15-9-5-3-6-10-15)20-22(23)16-11-7-4-8-12-16/h3-14,18-19H,1-2H3/q+1. The van der Waals surface area contributed by atoms with E-state index in [-0.39, 0.29) is 5.50 Å². The minimum atomic E-state index is 0.0696. The number of nitrogens with zero attached hydrogens (tertiary/aromatic N) is 4. The molecule has 1 fully saturated rings. The maximum atomic E-state index is 4.79. The van der Waals surface area contributed by atoms with Gasteiger partial charge in [-0.25, -0.2) is 0 Å². The fraction of sp³-hybridized carbons (Fsp3) is 0.278. The molecule has 1 aromatic heterocycles. The molecular formula is C18H20N5S+. The quantitative estimate of drug-likeness (QED) is 0.746. The molecular weight excluding hydrogens is 318 g/mol. The summed E-state index contributed by atoms with van der Waals surface area (Å²) >= 11 is 1.87. The topological polar surface area (TPSA) is 46.6 Å². The zero-order valence-corrected chi connectivity index (χ0v) is 14.5. The summed E-state index contributed by atoms with van der Waals surface area (Å²) in [6, 6.07) is 20.7. The van der Waals surface area contributed by atoms with Crippen LogP contribution in [0.15, 0.2) is 60.7 Å². The minimum Gasteiger partial charge on any atom is -0.263 e. The molecule has 0 amide bonds. The van der Waals surface area contributed by atoms with Gasteiger partial charge in [0.05, 0.1) is 10.7 Å². The Bertz CT molecular complexity index is 808. The maximum Gasteiger partial charge on any atom is 0.339 e. The van der Waals surface area contributed by atoms with Gasteiger partial charge in [-0.3, -0.25) is 5.32 Å². The molecule has 5 nitrogen and oxygen atoms in total. The van der Waals surface area contributed by atoms with E-state index in [4.69, 9.17) is 10.2 Å². The number of aromatic nitrogens is 4. The van der Waals surface area contributed by atoms with Crippen LogP contribution in [0.25, 0.3) is 17.1 Å². The Kier molecular flexibility index (Phi) is 4.08. The smallest absolute Gasteiger partial charge is 0.263 e. The Labute approximate surface area is 145 Å². The van der Waals surface area contributed by atoms with Crippen LogP contribution in [0.2, 0.25) is 0 Å². The van der Waals surface area contributed by atoms with Crippen molar-refractivity contribution in [2.24, 2.45) is 0 Å². The monoisotopic (exact) mass is 338 g/mol. The van der Waals surface area contributed by atoms with Crippen molar-refractivity contribution in [1.29, 1.82) is 0 Å². The lowest BCUT2D eigenvalue weighted by atomic mass is 10.2. The normalized spacial score (nSPS) is 23.5. The van der Waals surface area contributed by atoms with Gasteiger partial charge in [0.25, 0.3) is 0 Å². The van der Waals surface area contributed by atoms with Crippen LogP contribution in [0.1, 0.15) is 19.3 Å². The predicted octanol–water partition coefficient (Wildman–Crippen LogP) is 2.79. The summed E-state index contributed by atoms with van der Waals surface area (Å²) in [4.78, 5) is 3.83. The van der Waals surface area contributed by atoms with Gasteiger partial charge in [-0.05, 0) is 41.1 Å². The summed E-state index contributed by atoms with van der Waals surface area (Å²) in [6.45, 7) is 4.45. The molecule has 0 aliphatic carbocycles. The molecule has 24 heavy (non-hydrogen) atoms. The molecule has 0 saturated carbocycles. The average molecular weight is 338 g/mol. The second-order valence-electron chi connectivity index (χ2n) is 5.98. The zero-order chi connectivity index (χ0) is 16.5. The lowest BCUT2D eigenvalue weighted by Crippen LogP contribution is -2.53. The predicted molar refractivity (Wildman–Crippen MR) is 95.7 cm³/mol. The zero-order valence-electron chi connectivity index (χ0n) is 13.7. The molecule has 0 spiro atoms. The van der Waals surface area contributed by atoms with Crippen molar-refractivity contribution < 1.29 is 4.80 Å². The van der Waals surface area contributed by atoms with Gasteiger partial charge < -0.3 is 0 Å². The van der Waals surface area contributed by atoms with Crippen LogP contribution in [0.5, 0.6) is 0 Å². The first kappa shape index (κ1) is 15.4. The Hall–Kier alpha value is -2.18. The van der Waals surface area contributed by atoms with Crippen LogP contribution >= 0.6 is 11.8 Å². The number of benzene rings is 2. The van der Waals surface area contributed by atoms with E-state index in [0.29, 0.717) is 11.3 Å². The average Bonchev–Trinajstić information content (AvgIpc) is 3.21. The van der Waals surface area contributed by atoms with Gasteiger partial charge in [-0.15, -0.1) is 0 Å². The number of hydrogen-bond acceptors (Lipinski definition) is 4. The summed E-state index contributed by atoms with van der Waals surface area (Å²) in [5.74, 6) is 0.731. The molecule has 1 saturated heterocycles. The van der Waals surface area contributed by atoms with E-state index >= 15 is 0 Å². The molecule has 3 atom stereocenters. The molecule has 3 unspecified atom stereocenters. The summed E-state index contributed by atoms with van der Waals surface area (Å²) in [6.07, 6.45) is 0. The van der Waals surface area contributed by atoms with Gasteiger partial charge in [0.1, 0.15) is 5.69 Å². The fourth-order valence-electron chi connectivity index (χ4n) is 2.73. The third-order valence-corrected chi connectivity index (χ3v) is 5.68. The van der Waals surface area contributed by atoms with Crippen molar-refractivity contribution in [3.05, 3.63) is 60.7 Å². The van der Waals surface area contributed by atoms with E-state index in [1.807, 2.05) is 82.0 Å². The third kappa shape index (κ3) is 2.83. The second kappa shape index (κ2) is 6.37. The lowest BCUT2D eigenvalue weighted by Gasteiger charge is -2.07. The highest BCUT2D eigenvalue weighted by Gasteiger charge is 2.37. The first-order valence-corrected chi connectivity index (χ1v) is 9.08. The van der Waals surface area contributed by atoms with Crippen LogP contribution in [0.3, 0.4) is 0 Å². The number of thioether (sulfide) groups is 1. The van der Waals surface area contributed by atoms with Crippen LogP contribution in [0.4, 0.5) is 0 Å². The van der Waals surface area contributed by atoms with E-state index < -0.39 is 0 Å². The van der Waals surface area contributed by atoms with Gasteiger partial charge in [-0.1, -0.05) is 55.1 Å². The number of hydrogen-bond donors (Lipinski definition) is 1. The van der Waals surface area contributed by atoms with Crippen molar-refractivity contribution in [3.63, 3.8) is 0 Å². The van der Waals surface area contributed by atoms with Crippen molar-refractivity contribution in [3.8, 4) is 17.1 Å². The highest BCUT2D eigenvalue weighted by atomic mass is 32.2. The molecule has 4 rings (SSSR count). The van der Waals surface area contributed by atoms with Crippen molar-refractivity contribution in [2.45, 2.75) is 30.6 Å². The van der Waals surface area contributed by atoms with E-state index in [2.05, 4.69) is 19.2 Å². The number of nitrogens with one attached hydrogen (secondary N) is 1. The fourth-order valence-corrected chi connectivity index (χ4v) is 3.99. The molecule has 1 aliphatic heterocycles. The molecule has 1 aliphatic rings. The number of rotatable bonds is 3. The summed E-state index contributed by atoms with van der Waals surface area (Å²) in [7, 11) is 0. The SMILES string of the molecule is CC1NC([n+]2nc(-c3ccccc3)nn2-c2ccccc2)SC1C. The van der Waals surface area contributed by atoms with Gasteiger partial charge in [-0.2, -0.15) is 0 Å². The van der Waals surface area contributed by atoms with Gasteiger partial charge in [0, 0.05) is 16.1 Å². The second-order valence-corrected chi connectivity index (χ2v) is 7.45. The highest BCUT2D eigenvalue weighted by molar-refractivity contribution is 8.00. The molecule has 122 valence electrons. The first-order chi connectivity index (χ1) is 11.7. The van der Waals surface area contributed by atoms with E-state index in [9.17, 15) is 0 Å². The molecule has 2 aromatic carbocycles. The largest absolute Gasteiger partial charge is 0.339 e. The van der Waals surface area contributed by atoms with Crippen molar-refractivity contribution >= 4 is 11.8 Å². The lowest BCUT2D eigenvalue weighted by molar-refractivity contribution is -0.826. The Morgan fingerprint density at radius 3 is 2.29 bits per heavy atom. The Balaban J connectivity index is 1.80. The highest BCUT2D eigenvalue weighted by Crippen LogP contribution is 2.30. The molecule has 2 heterocycles. The number of para-hydroxylation sites is 1. The van der Waals surface area contributed by atoms with Gasteiger partial charge in [0.15, 0.2) is 0 Å². The van der Waals surface area contributed by atoms with Crippen LogP contribution in [0, 0.1) is 0 Å². The van der Waals surface area contributed by atoms with Gasteiger partial charge >= 0.3 is 5.82 Å².